The minimum absolute atomic E-state index is 0.324. The van der Waals surface area contributed by atoms with Crippen LogP contribution in [0.25, 0.3) is 0 Å². The largest absolute Gasteiger partial charge is 0.339 e. The number of aromatic nitrogens is 2. The fourth-order valence-electron chi connectivity index (χ4n) is 2.43. The second-order valence-electron chi connectivity index (χ2n) is 6.17. The summed E-state index contributed by atoms with van der Waals surface area (Å²) in [7, 11) is -3.39. The number of sulfonamides is 1. The molecule has 3 rings (SSSR count). The van der Waals surface area contributed by atoms with E-state index in [2.05, 4.69) is 25.6 Å². The Labute approximate surface area is 163 Å². The van der Waals surface area contributed by atoms with Crippen LogP contribution < -0.4 is 15.4 Å². The Morgan fingerprint density at radius 3 is 2.32 bits per heavy atom. The van der Waals surface area contributed by atoms with Gasteiger partial charge in [0.2, 0.25) is 10.0 Å². The van der Waals surface area contributed by atoms with Crippen molar-refractivity contribution in [2.75, 3.05) is 21.6 Å². The molecule has 0 saturated carbocycles. The lowest BCUT2D eigenvalue weighted by Crippen LogP contribution is -2.13. The third-order valence-corrected chi connectivity index (χ3v) is 4.23. The number of aryl methyl sites for hydroxylation is 1. The van der Waals surface area contributed by atoms with Gasteiger partial charge in [-0.1, -0.05) is 12.1 Å². The molecule has 28 heavy (non-hydrogen) atoms. The molecule has 0 spiro atoms. The standard InChI is InChI=1S/C19H19N5O3S/c1-13-9-10-18(23-22-13)20-15-6-3-5-14(11-15)19(25)21-16-7-4-8-17(12-16)24-28(2,26)27/h3-12,24H,1-2H3,(H,20,23)(H,21,25). The van der Waals surface area contributed by atoms with Gasteiger partial charge in [-0.15, -0.1) is 5.10 Å². The van der Waals surface area contributed by atoms with Gasteiger partial charge in [-0.2, -0.15) is 5.10 Å². The highest BCUT2D eigenvalue weighted by molar-refractivity contribution is 7.92. The van der Waals surface area contributed by atoms with E-state index in [1.807, 2.05) is 19.1 Å². The topological polar surface area (TPSA) is 113 Å². The average Bonchev–Trinajstić information content (AvgIpc) is 2.63. The molecule has 0 atom stereocenters. The van der Waals surface area contributed by atoms with Crippen molar-refractivity contribution in [3.8, 4) is 0 Å². The Balaban J connectivity index is 1.72. The van der Waals surface area contributed by atoms with Gasteiger partial charge in [0.1, 0.15) is 0 Å². The Morgan fingerprint density at radius 1 is 0.893 bits per heavy atom. The molecule has 1 amide bonds. The minimum atomic E-state index is -3.39. The van der Waals surface area contributed by atoms with Crippen molar-refractivity contribution in [3.63, 3.8) is 0 Å². The fourth-order valence-corrected chi connectivity index (χ4v) is 2.98. The van der Waals surface area contributed by atoms with Gasteiger partial charge >= 0.3 is 0 Å². The van der Waals surface area contributed by atoms with Crippen molar-refractivity contribution < 1.29 is 13.2 Å². The van der Waals surface area contributed by atoms with Crippen molar-refractivity contribution in [1.29, 1.82) is 0 Å². The Bertz CT molecular complexity index is 1100. The van der Waals surface area contributed by atoms with Crippen LogP contribution in [0.5, 0.6) is 0 Å². The molecule has 1 aromatic heterocycles. The number of carbonyl (C=O) groups excluding carboxylic acids is 1. The van der Waals surface area contributed by atoms with Crippen LogP contribution in [0.3, 0.4) is 0 Å². The molecule has 1 heterocycles. The minimum Gasteiger partial charge on any atom is -0.339 e. The maximum absolute atomic E-state index is 12.6. The number of rotatable bonds is 6. The first kappa shape index (κ1) is 19.3. The van der Waals surface area contributed by atoms with Crippen molar-refractivity contribution >= 4 is 38.8 Å². The highest BCUT2D eigenvalue weighted by Crippen LogP contribution is 2.19. The maximum atomic E-state index is 12.6. The van der Waals surface area contributed by atoms with Gasteiger partial charge in [0.25, 0.3) is 5.91 Å². The molecule has 0 fully saturated rings. The molecular formula is C19H19N5O3S. The number of nitrogens with one attached hydrogen (secondary N) is 3. The van der Waals surface area contributed by atoms with Crippen LogP contribution >= 0.6 is 0 Å². The molecule has 0 radical (unpaired) electrons. The highest BCUT2D eigenvalue weighted by atomic mass is 32.2. The number of hydrogen-bond acceptors (Lipinski definition) is 6. The molecule has 0 aliphatic heterocycles. The summed E-state index contributed by atoms with van der Waals surface area (Å²) in [4.78, 5) is 12.6. The number of benzene rings is 2. The van der Waals surface area contributed by atoms with Gasteiger partial charge in [-0.25, -0.2) is 8.42 Å². The van der Waals surface area contributed by atoms with Gasteiger partial charge in [0.15, 0.2) is 5.82 Å². The number of amides is 1. The van der Waals surface area contributed by atoms with E-state index in [1.54, 1.807) is 48.5 Å². The maximum Gasteiger partial charge on any atom is 0.255 e. The Morgan fingerprint density at radius 2 is 1.61 bits per heavy atom. The predicted octanol–water partition coefficient (Wildman–Crippen LogP) is 3.15. The lowest BCUT2D eigenvalue weighted by Gasteiger charge is -2.10. The molecular weight excluding hydrogens is 378 g/mol. The van der Waals surface area contributed by atoms with E-state index in [9.17, 15) is 13.2 Å². The lowest BCUT2D eigenvalue weighted by molar-refractivity contribution is 0.102. The molecule has 0 bridgehead atoms. The predicted molar refractivity (Wildman–Crippen MR) is 109 cm³/mol. The zero-order valence-corrected chi connectivity index (χ0v) is 16.1. The quantitative estimate of drug-likeness (QED) is 0.589. The van der Waals surface area contributed by atoms with Crippen LogP contribution in [-0.2, 0) is 10.0 Å². The number of carbonyl (C=O) groups is 1. The second kappa shape index (κ2) is 8.05. The summed E-state index contributed by atoms with van der Waals surface area (Å²) < 4.78 is 25.1. The molecule has 3 aromatic rings. The molecule has 2 aromatic carbocycles. The third-order valence-electron chi connectivity index (χ3n) is 3.62. The summed E-state index contributed by atoms with van der Waals surface area (Å²) in [6.07, 6.45) is 1.06. The number of hydrogen-bond donors (Lipinski definition) is 3. The SMILES string of the molecule is Cc1ccc(Nc2cccc(C(=O)Nc3cccc(NS(C)(=O)=O)c3)c2)nn1. The highest BCUT2D eigenvalue weighted by Gasteiger charge is 2.09. The lowest BCUT2D eigenvalue weighted by atomic mass is 10.1. The molecule has 144 valence electrons. The summed E-state index contributed by atoms with van der Waals surface area (Å²) in [5.74, 6) is 0.248. The molecule has 9 heteroatoms. The van der Waals surface area contributed by atoms with Gasteiger partial charge < -0.3 is 10.6 Å². The smallest absolute Gasteiger partial charge is 0.255 e. The van der Waals surface area contributed by atoms with E-state index in [-0.39, 0.29) is 5.91 Å². The normalized spacial score (nSPS) is 10.9. The second-order valence-corrected chi connectivity index (χ2v) is 7.92. The summed E-state index contributed by atoms with van der Waals surface area (Å²) >= 11 is 0. The zero-order chi connectivity index (χ0) is 20.1. The van der Waals surface area contributed by atoms with Gasteiger partial charge in [-0.3, -0.25) is 9.52 Å². The van der Waals surface area contributed by atoms with Gasteiger partial charge in [0, 0.05) is 16.9 Å². The number of anilines is 4. The van der Waals surface area contributed by atoms with Crippen LogP contribution in [0.15, 0.2) is 60.7 Å². The molecule has 0 aliphatic rings. The molecule has 0 saturated heterocycles. The summed E-state index contributed by atoms with van der Waals surface area (Å²) in [6.45, 7) is 1.85. The van der Waals surface area contributed by atoms with Crippen molar-refractivity contribution in [3.05, 3.63) is 71.9 Å². The Kier molecular flexibility index (Phi) is 5.55. The summed E-state index contributed by atoms with van der Waals surface area (Å²) in [5.41, 5.74) is 2.78. The molecule has 0 unspecified atom stereocenters. The van der Waals surface area contributed by atoms with Crippen LogP contribution in [0.4, 0.5) is 22.9 Å². The third kappa shape index (κ3) is 5.52. The van der Waals surface area contributed by atoms with E-state index >= 15 is 0 Å². The molecule has 3 N–H and O–H groups in total. The molecule has 0 aliphatic carbocycles. The van der Waals surface area contributed by atoms with E-state index in [1.165, 1.54) is 0 Å². The van der Waals surface area contributed by atoms with Crippen LogP contribution in [0, 0.1) is 6.92 Å². The van der Waals surface area contributed by atoms with E-state index in [4.69, 9.17) is 0 Å². The Hall–Kier alpha value is -3.46. The van der Waals surface area contributed by atoms with E-state index < -0.39 is 10.0 Å². The van der Waals surface area contributed by atoms with Gasteiger partial charge in [0.05, 0.1) is 17.6 Å². The van der Waals surface area contributed by atoms with E-state index in [0.29, 0.717) is 28.4 Å². The van der Waals surface area contributed by atoms with E-state index in [0.717, 1.165) is 11.9 Å². The van der Waals surface area contributed by atoms with Crippen molar-refractivity contribution in [1.82, 2.24) is 10.2 Å². The fraction of sp³-hybridized carbons (Fsp3) is 0.105. The van der Waals surface area contributed by atoms with Gasteiger partial charge in [-0.05, 0) is 55.5 Å². The van der Waals surface area contributed by atoms with Crippen LogP contribution in [-0.4, -0.2) is 30.8 Å². The summed E-state index contributed by atoms with van der Waals surface area (Å²) in [5, 5.41) is 13.9. The van der Waals surface area contributed by atoms with Crippen molar-refractivity contribution in [2.45, 2.75) is 6.92 Å². The van der Waals surface area contributed by atoms with Crippen molar-refractivity contribution in [2.24, 2.45) is 0 Å². The first-order valence-electron chi connectivity index (χ1n) is 8.35. The number of nitrogens with zero attached hydrogens (tertiary/aromatic N) is 2. The average molecular weight is 397 g/mol. The molecule has 8 nitrogen and oxygen atoms in total. The summed E-state index contributed by atoms with van der Waals surface area (Å²) in [6, 6.07) is 17.0. The monoisotopic (exact) mass is 397 g/mol. The first-order valence-corrected chi connectivity index (χ1v) is 10.2. The van der Waals surface area contributed by atoms with Crippen LogP contribution in [0.2, 0.25) is 0 Å². The van der Waals surface area contributed by atoms with Crippen LogP contribution in [0.1, 0.15) is 16.1 Å². The first-order chi connectivity index (χ1) is 13.3. The zero-order valence-electron chi connectivity index (χ0n) is 15.3.